The minimum absolute atomic E-state index is 0.0162. The van der Waals surface area contributed by atoms with Crippen molar-refractivity contribution in [3.8, 4) is 11.5 Å². The monoisotopic (exact) mass is 380 g/mol. The van der Waals surface area contributed by atoms with Gasteiger partial charge in [0.1, 0.15) is 0 Å². The number of carbonyl (C=O) groups is 2. The van der Waals surface area contributed by atoms with Crippen molar-refractivity contribution >= 4 is 17.5 Å². The number of likely N-dealkylation sites (tertiary alicyclic amines) is 1. The lowest BCUT2D eigenvalue weighted by Gasteiger charge is -2.31. The highest BCUT2D eigenvalue weighted by Gasteiger charge is 2.28. The number of benzene rings is 2. The summed E-state index contributed by atoms with van der Waals surface area (Å²) in [5, 5.41) is 2.95. The molecule has 1 fully saturated rings. The molecule has 1 saturated heterocycles. The summed E-state index contributed by atoms with van der Waals surface area (Å²) in [6.45, 7) is 5.37. The maximum Gasteiger partial charge on any atom is 0.254 e. The zero-order valence-corrected chi connectivity index (χ0v) is 16.2. The van der Waals surface area contributed by atoms with Crippen LogP contribution in [0.3, 0.4) is 0 Å². The van der Waals surface area contributed by atoms with E-state index >= 15 is 0 Å². The number of nitrogens with zero attached hydrogens (tertiary/aromatic N) is 1. The topological polar surface area (TPSA) is 67.9 Å². The third kappa shape index (κ3) is 3.67. The van der Waals surface area contributed by atoms with Crippen molar-refractivity contribution in [1.29, 1.82) is 0 Å². The molecule has 6 nitrogen and oxygen atoms in total. The van der Waals surface area contributed by atoms with Crippen LogP contribution in [0.5, 0.6) is 11.5 Å². The van der Waals surface area contributed by atoms with E-state index in [1.54, 1.807) is 12.1 Å². The van der Waals surface area contributed by atoms with E-state index < -0.39 is 0 Å². The van der Waals surface area contributed by atoms with Gasteiger partial charge >= 0.3 is 0 Å². The van der Waals surface area contributed by atoms with Crippen molar-refractivity contribution in [3.63, 3.8) is 0 Å². The quantitative estimate of drug-likeness (QED) is 0.885. The second kappa shape index (κ2) is 7.54. The molecule has 146 valence electrons. The molecule has 1 N–H and O–H groups in total. The zero-order valence-electron chi connectivity index (χ0n) is 16.2. The number of hydrogen-bond acceptors (Lipinski definition) is 4. The molecule has 0 spiro atoms. The molecule has 2 aliphatic heterocycles. The maximum atomic E-state index is 12.8. The Kier molecular flexibility index (Phi) is 4.94. The summed E-state index contributed by atoms with van der Waals surface area (Å²) in [6.07, 6.45) is 1.32. The Morgan fingerprint density at radius 1 is 1.00 bits per heavy atom. The highest BCUT2D eigenvalue weighted by atomic mass is 16.7. The number of nitrogens with one attached hydrogen (secondary N) is 1. The van der Waals surface area contributed by atoms with Gasteiger partial charge in [0.05, 0.1) is 0 Å². The van der Waals surface area contributed by atoms with E-state index in [4.69, 9.17) is 9.47 Å². The van der Waals surface area contributed by atoms with Gasteiger partial charge in [0.2, 0.25) is 12.7 Å². The minimum atomic E-state index is -0.103. The van der Waals surface area contributed by atoms with Crippen LogP contribution in [0.25, 0.3) is 0 Å². The standard InChI is InChI=1S/C22H24N2O4/c1-14-3-5-18(15(2)11-14)22(26)24-9-7-16(8-10-24)21(25)23-17-4-6-19-20(12-17)28-13-27-19/h3-6,11-12,16H,7-10,13H2,1-2H3,(H,23,25). The Hall–Kier alpha value is -3.02. The van der Waals surface area contributed by atoms with Crippen LogP contribution in [0.2, 0.25) is 0 Å². The van der Waals surface area contributed by atoms with Crippen LogP contribution in [0.1, 0.15) is 34.3 Å². The zero-order chi connectivity index (χ0) is 19.7. The van der Waals surface area contributed by atoms with Crippen LogP contribution in [-0.2, 0) is 4.79 Å². The summed E-state index contributed by atoms with van der Waals surface area (Å²) in [4.78, 5) is 27.3. The summed E-state index contributed by atoms with van der Waals surface area (Å²) in [5.74, 6) is 1.26. The van der Waals surface area contributed by atoms with Gasteiger partial charge in [-0.3, -0.25) is 9.59 Å². The molecule has 0 saturated carbocycles. The van der Waals surface area contributed by atoms with Crippen LogP contribution < -0.4 is 14.8 Å². The molecule has 0 unspecified atom stereocenters. The molecule has 2 aliphatic rings. The smallest absolute Gasteiger partial charge is 0.254 e. The summed E-state index contributed by atoms with van der Waals surface area (Å²) in [7, 11) is 0. The summed E-state index contributed by atoms with van der Waals surface area (Å²) in [6, 6.07) is 11.3. The van der Waals surface area contributed by atoms with E-state index in [0.29, 0.717) is 43.1 Å². The summed E-state index contributed by atoms with van der Waals surface area (Å²) >= 11 is 0. The lowest BCUT2D eigenvalue weighted by molar-refractivity contribution is -0.121. The molecule has 0 bridgehead atoms. The van der Waals surface area contributed by atoms with Crippen LogP contribution in [0.15, 0.2) is 36.4 Å². The normalized spacial score (nSPS) is 16.1. The van der Waals surface area contributed by atoms with Gasteiger partial charge in [-0.2, -0.15) is 0 Å². The lowest BCUT2D eigenvalue weighted by atomic mass is 9.94. The van der Waals surface area contributed by atoms with E-state index in [1.165, 1.54) is 0 Å². The third-order valence-electron chi connectivity index (χ3n) is 5.41. The van der Waals surface area contributed by atoms with Gasteiger partial charge in [-0.1, -0.05) is 17.7 Å². The van der Waals surface area contributed by atoms with Crippen LogP contribution in [0, 0.1) is 19.8 Å². The number of hydrogen-bond donors (Lipinski definition) is 1. The highest BCUT2D eigenvalue weighted by molar-refractivity contribution is 5.96. The predicted molar refractivity (Wildman–Crippen MR) is 106 cm³/mol. The van der Waals surface area contributed by atoms with Crippen molar-refractivity contribution in [2.45, 2.75) is 26.7 Å². The van der Waals surface area contributed by atoms with E-state index in [1.807, 2.05) is 43.0 Å². The summed E-state index contributed by atoms with van der Waals surface area (Å²) in [5.41, 5.74) is 3.58. The number of piperidine rings is 1. The SMILES string of the molecule is Cc1ccc(C(=O)N2CCC(C(=O)Nc3ccc4c(c3)OCO4)CC2)c(C)c1. The van der Waals surface area contributed by atoms with Gasteiger partial charge < -0.3 is 19.7 Å². The molecule has 6 heteroatoms. The van der Waals surface area contributed by atoms with Crippen molar-refractivity contribution < 1.29 is 19.1 Å². The molecule has 0 atom stereocenters. The van der Waals surface area contributed by atoms with Crippen molar-refractivity contribution in [3.05, 3.63) is 53.1 Å². The van der Waals surface area contributed by atoms with Crippen LogP contribution in [-0.4, -0.2) is 36.6 Å². The van der Waals surface area contributed by atoms with E-state index in [-0.39, 0.29) is 24.5 Å². The minimum Gasteiger partial charge on any atom is -0.454 e. The number of ether oxygens (including phenoxy) is 2. The lowest BCUT2D eigenvalue weighted by Crippen LogP contribution is -2.41. The second-order valence-electron chi connectivity index (χ2n) is 7.44. The Balaban J connectivity index is 1.34. The Labute approximate surface area is 164 Å². The van der Waals surface area contributed by atoms with Gasteiger partial charge in [0.15, 0.2) is 11.5 Å². The van der Waals surface area contributed by atoms with Crippen LogP contribution >= 0.6 is 0 Å². The van der Waals surface area contributed by atoms with Gasteiger partial charge in [0, 0.05) is 36.3 Å². The number of aryl methyl sites for hydroxylation is 2. The average molecular weight is 380 g/mol. The van der Waals surface area contributed by atoms with Gasteiger partial charge in [0.25, 0.3) is 5.91 Å². The molecular formula is C22H24N2O4. The largest absolute Gasteiger partial charge is 0.454 e. The molecular weight excluding hydrogens is 356 g/mol. The predicted octanol–water partition coefficient (Wildman–Crippen LogP) is 3.52. The first-order chi connectivity index (χ1) is 13.5. The fourth-order valence-electron chi connectivity index (χ4n) is 3.79. The van der Waals surface area contributed by atoms with Gasteiger partial charge in [-0.05, 0) is 50.5 Å². The number of carbonyl (C=O) groups excluding carboxylic acids is 2. The molecule has 4 rings (SSSR count). The van der Waals surface area contributed by atoms with E-state index in [9.17, 15) is 9.59 Å². The molecule has 0 aromatic heterocycles. The first-order valence-electron chi connectivity index (χ1n) is 9.58. The number of fused-ring (bicyclic) bond motifs is 1. The number of rotatable bonds is 3. The van der Waals surface area contributed by atoms with Crippen molar-refractivity contribution in [2.75, 3.05) is 25.2 Å². The van der Waals surface area contributed by atoms with E-state index in [0.717, 1.165) is 16.7 Å². The molecule has 0 radical (unpaired) electrons. The second-order valence-corrected chi connectivity index (χ2v) is 7.44. The van der Waals surface area contributed by atoms with Crippen LogP contribution in [0.4, 0.5) is 5.69 Å². The van der Waals surface area contributed by atoms with Gasteiger partial charge in [-0.15, -0.1) is 0 Å². The average Bonchev–Trinajstić information content (AvgIpc) is 3.15. The highest BCUT2D eigenvalue weighted by Crippen LogP contribution is 2.34. The van der Waals surface area contributed by atoms with Gasteiger partial charge in [-0.25, -0.2) is 0 Å². The molecule has 2 aromatic rings. The molecule has 2 heterocycles. The Morgan fingerprint density at radius 2 is 1.75 bits per heavy atom. The third-order valence-corrected chi connectivity index (χ3v) is 5.41. The Morgan fingerprint density at radius 3 is 2.50 bits per heavy atom. The number of amides is 2. The van der Waals surface area contributed by atoms with E-state index in [2.05, 4.69) is 5.32 Å². The fraction of sp³-hybridized carbons (Fsp3) is 0.364. The molecule has 2 aromatic carbocycles. The Bertz CT molecular complexity index is 917. The first-order valence-corrected chi connectivity index (χ1v) is 9.58. The maximum absolute atomic E-state index is 12.8. The fourth-order valence-corrected chi connectivity index (χ4v) is 3.79. The first kappa shape index (κ1) is 18.3. The summed E-state index contributed by atoms with van der Waals surface area (Å²) < 4.78 is 10.6. The molecule has 28 heavy (non-hydrogen) atoms. The molecule has 2 amide bonds. The molecule has 0 aliphatic carbocycles. The van der Waals surface area contributed by atoms with Crippen molar-refractivity contribution in [2.24, 2.45) is 5.92 Å². The number of anilines is 1. The van der Waals surface area contributed by atoms with Crippen molar-refractivity contribution in [1.82, 2.24) is 4.90 Å².